The normalized spacial score (nSPS) is 11.3. The maximum Gasteiger partial charge on any atom is 0.146 e. The molecule has 0 atom stereocenters. The molecule has 5 heteroatoms. The third-order valence-electron chi connectivity index (χ3n) is 2.48. The van der Waals surface area contributed by atoms with Gasteiger partial charge in [0.1, 0.15) is 10.4 Å². The summed E-state index contributed by atoms with van der Waals surface area (Å²) in [4.78, 5) is 13.5. The summed E-state index contributed by atoms with van der Waals surface area (Å²) in [6.45, 7) is 1.90. The molecule has 0 aliphatic rings. The second-order valence-electron chi connectivity index (χ2n) is 4.25. The molecule has 0 radical (unpaired) electrons. The van der Waals surface area contributed by atoms with Crippen molar-refractivity contribution in [2.75, 3.05) is 0 Å². The van der Waals surface area contributed by atoms with Crippen LogP contribution in [-0.4, -0.2) is 10.4 Å². The molecule has 0 aromatic heterocycles. The van der Waals surface area contributed by atoms with Crippen LogP contribution in [0.2, 0.25) is 10.0 Å². The van der Waals surface area contributed by atoms with E-state index in [1.54, 1.807) is 0 Å². The number of halogens is 2. The summed E-state index contributed by atoms with van der Waals surface area (Å²) < 4.78 is -0.596. The van der Waals surface area contributed by atoms with Gasteiger partial charge in [0, 0.05) is 19.8 Å². The molecule has 0 amide bonds. The zero-order valence-electron chi connectivity index (χ0n) is 10.7. The standard InChI is InChI=1S/C15H12Cl2OS2/c1-15(10-18,19-13-6-2-11(16)3-7-13)20-14-8-4-12(17)5-9-14/h2-10H,1H3. The smallest absolute Gasteiger partial charge is 0.146 e. The summed E-state index contributed by atoms with van der Waals surface area (Å²) in [5.74, 6) is 0. The minimum atomic E-state index is -0.596. The Balaban J connectivity index is 2.14. The average molecular weight is 343 g/mol. The van der Waals surface area contributed by atoms with Crippen LogP contribution in [0, 0.1) is 0 Å². The van der Waals surface area contributed by atoms with Crippen molar-refractivity contribution in [2.24, 2.45) is 0 Å². The molecule has 0 aliphatic carbocycles. The molecule has 1 nitrogen and oxygen atoms in total. The van der Waals surface area contributed by atoms with Gasteiger partial charge in [-0.3, -0.25) is 0 Å². The molecule has 0 fully saturated rings. The predicted molar refractivity (Wildman–Crippen MR) is 89.1 cm³/mol. The van der Waals surface area contributed by atoms with Gasteiger partial charge < -0.3 is 4.79 Å². The maximum absolute atomic E-state index is 11.5. The Labute approximate surface area is 137 Å². The quantitative estimate of drug-likeness (QED) is 0.388. The first kappa shape index (κ1) is 15.8. The lowest BCUT2D eigenvalue weighted by atomic mass is 10.4. The average Bonchev–Trinajstić information content (AvgIpc) is 2.44. The minimum absolute atomic E-state index is 0.596. The van der Waals surface area contributed by atoms with Crippen LogP contribution in [0.1, 0.15) is 6.92 Å². The van der Waals surface area contributed by atoms with Crippen LogP contribution in [0.3, 0.4) is 0 Å². The number of benzene rings is 2. The van der Waals surface area contributed by atoms with Gasteiger partial charge in [0.2, 0.25) is 0 Å². The van der Waals surface area contributed by atoms with Crippen LogP contribution in [0.4, 0.5) is 0 Å². The van der Waals surface area contributed by atoms with Crippen LogP contribution in [0.5, 0.6) is 0 Å². The summed E-state index contributed by atoms with van der Waals surface area (Å²) in [7, 11) is 0. The zero-order chi connectivity index (χ0) is 14.6. The molecule has 0 spiro atoms. The Morgan fingerprint density at radius 3 is 1.50 bits per heavy atom. The van der Waals surface area contributed by atoms with Crippen LogP contribution in [-0.2, 0) is 4.79 Å². The molecule has 0 saturated heterocycles. The molecule has 2 aromatic carbocycles. The molecular formula is C15H12Cl2OS2. The van der Waals surface area contributed by atoms with E-state index in [2.05, 4.69) is 0 Å². The van der Waals surface area contributed by atoms with E-state index in [1.165, 1.54) is 23.5 Å². The first-order valence-electron chi connectivity index (χ1n) is 5.86. The maximum atomic E-state index is 11.5. The first-order chi connectivity index (χ1) is 9.50. The van der Waals surface area contributed by atoms with Crippen LogP contribution in [0.15, 0.2) is 58.3 Å². The third kappa shape index (κ3) is 4.45. The second-order valence-corrected chi connectivity index (χ2v) is 8.42. The molecule has 2 rings (SSSR count). The number of aldehydes is 1. The third-order valence-corrected chi connectivity index (χ3v) is 5.51. The number of rotatable bonds is 5. The van der Waals surface area contributed by atoms with E-state index in [9.17, 15) is 4.79 Å². The van der Waals surface area contributed by atoms with Crippen molar-refractivity contribution in [1.82, 2.24) is 0 Å². The SMILES string of the molecule is CC(C=O)(Sc1ccc(Cl)cc1)Sc1ccc(Cl)cc1. The van der Waals surface area contributed by atoms with Crippen molar-refractivity contribution in [2.45, 2.75) is 20.8 Å². The number of thioether (sulfide) groups is 2. The van der Waals surface area contributed by atoms with Crippen molar-refractivity contribution in [3.8, 4) is 0 Å². The van der Waals surface area contributed by atoms with Gasteiger partial charge in [0.05, 0.1) is 0 Å². The van der Waals surface area contributed by atoms with Crippen molar-refractivity contribution in [3.63, 3.8) is 0 Å². The number of hydrogen-bond acceptors (Lipinski definition) is 3. The lowest BCUT2D eigenvalue weighted by molar-refractivity contribution is -0.107. The van der Waals surface area contributed by atoms with Gasteiger partial charge in [-0.05, 0) is 55.5 Å². The molecule has 104 valence electrons. The van der Waals surface area contributed by atoms with Gasteiger partial charge in [0.25, 0.3) is 0 Å². The summed E-state index contributed by atoms with van der Waals surface area (Å²) in [5.41, 5.74) is 0. The van der Waals surface area contributed by atoms with E-state index >= 15 is 0 Å². The Hall–Kier alpha value is -0.610. The topological polar surface area (TPSA) is 17.1 Å². The Morgan fingerprint density at radius 1 is 0.850 bits per heavy atom. The summed E-state index contributed by atoms with van der Waals surface area (Å²) in [6.07, 6.45) is 0.964. The van der Waals surface area contributed by atoms with Crippen LogP contribution >= 0.6 is 46.7 Å². The van der Waals surface area contributed by atoms with Crippen LogP contribution < -0.4 is 0 Å². The van der Waals surface area contributed by atoms with Crippen molar-refractivity contribution >= 4 is 53.0 Å². The second kappa shape index (κ2) is 6.90. The zero-order valence-corrected chi connectivity index (χ0v) is 13.8. The van der Waals surface area contributed by atoms with E-state index in [0.717, 1.165) is 16.1 Å². The highest BCUT2D eigenvalue weighted by Gasteiger charge is 2.26. The summed E-state index contributed by atoms with van der Waals surface area (Å²) in [5, 5.41) is 1.38. The molecule has 0 aliphatic heterocycles. The molecule has 0 bridgehead atoms. The van der Waals surface area contributed by atoms with E-state index in [1.807, 2.05) is 55.5 Å². The number of carbonyl (C=O) groups excluding carboxylic acids is 1. The Bertz CT molecular complexity index is 534. The van der Waals surface area contributed by atoms with Gasteiger partial charge in [-0.25, -0.2) is 0 Å². The Kier molecular flexibility index (Phi) is 5.44. The van der Waals surface area contributed by atoms with Crippen molar-refractivity contribution in [1.29, 1.82) is 0 Å². The highest BCUT2D eigenvalue weighted by molar-refractivity contribution is 8.19. The van der Waals surface area contributed by atoms with E-state index in [0.29, 0.717) is 10.0 Å². The van der Waals surface area contributed by atoms with Gasteiger partial charge in [-0.2, -0.15) is 0 Å². The van der Waals surface area contributed by atoms with Crippen molar-refractivity contribution in [3.05, 3.63) is 58.6 Å². The fourth-order valence-electron chi connectivity index (χ4n) is 1.54. The molecule has 0 heterocycles. The Morgan fingerprint density at radius 2 is 1.20 bits per heavy atom. The molecular weight excluding hydrogens is 331 g/mol. The number of carbonyl (C=O) groups is 1. The minimum Gasteiger partial charge on any atom is -0.301 e. The molecule has 0 saturated carbocycles. The predicted octanol–water partition coefficient (Wildman–Crippen LogP) is 5.79. The van der Waals surface area contributed by atoms with Gasteiger partial charge in [-0.15, -0.1) is 23.5 Å². The molecule has 20 heavy (non-hydrogen) atoms. The first-order valence-corrected chi connectivity index (χ1v) is 8.25. The summed E-state index contributed by atoms with van der Waals surface area (Å²) in [6, 6.07) is 14.9. The monoisotopic (exact) mass is 342 g/mol. The fourth-order valence-corrected chi connectivity index (χ4v) is 4.11. The van der Waals surface area contributed by atoms with Crippen LogP contribution in [0.25, 0.3) is 0 Å². The highest BCUT2D eigenvalue weighted by Crippen LogP contribution is 2.44. The van der Waals surface area contributed by atoms with E-state index < -0.39 is 4.08 Å². The highest BCUT2D eigenvalue weighted by atomic mass is 35.5. The molecule has 0 N–H and O–H groups in total. The molecule has 2 aromatic rings. The lowest BCUT2D eigenvalue weighted by Gasteiger charge is -2.22. The van der Waals surface area contributed by atoms with Crippen molar-refractivity contribution < 1.29 is 4.79 Å². The van der Waals surface area contributed by atoms with E-state index in [-0.39, 0.29) is 0 Å². The van der Waals surface area contributed by atoms with Gasteiger partial charge >= 0.3 is 0 Å². The largest absolute Gasteiger partial charge is 0.301 e. The summed E-state index contributed by atoms with van der Waals surface area (Å²) >= 11 is 14.7. The molecule has 0 unspecified atom stereocenters. The lowest BCUT2D eigenvalue weighted by Crippen LogP contribution is -2.16. The van der Waals surface area contributed by atoms with Gasteiger partial charge in [-0.1, -0.05) is 23.2 Å². The van der Waals surface area contributed by atoms with E-state index in [4.69, 9.17) is 23.2 Å². The van der Waals surface area contributed by atoms with Gasteiger partial charge in [0.15, 0.2) is 0 Å². The fraction of sp³-hybridized carbons (Fsp3) is 0.133. The number of hydrogen-bond donors (Lipinski definition) is 0.